The molecule has 1 fully saturated rings. The maximum atomic E-state index is 15.3. The predicted molar refractivity (Wildman–Crippen MR) is 187 cm³/mol. The van der Waals surface area contributed by atoms with Crippen LogP contribution in [-0.4, -0.2) is 53.5 Å². The van der Waals surface area contributed by atoms with E-state index in [1.165, 1.54) is 72.4 Å². The molecule has 274 valence electrons. The van der Waals surface area contributed by atoms with Gasteiger partial charge in [-0.1, -0.05) is 25.0 Å². The fraction of sp³-hybridized carbons (Fsp3) is 0.306. The van der Waals surface area contributed by atoms with Crippen molar-refractivity contribution in [3.63, 3.8) is 0 Å². The Balaban J connectivity index is 1.30. The Bertz CT molecular complexity index is 2190. The summed E-state index contributed by atoms with van der Waals surface area (Å²) in [5.41, 5.74) is -1.78. The molecular weight excluding hydrogens is 700 g/mol. The molecule has 0 saturated heterocycles. The fourth-order valence-electron chi connectivity index (χ4n) is 5.75. The number of ether oxygens (including phenoxy) is 1. The van der Waals surface area contributed by atoms with Gasteiger partial charge in [-0.2, -0.15) is 0 Å². The van der Waals surface area contributed by atoms with Crippen LogP contribution in [-0.2, 0) is 33.0 Å². The molecule has 4 aromatic rings. The molecule has 52 heavy (non-hydrogen) atoms. The van der Waals surface area contributed by atoms with Crippen molar-refractivity contribution in [2.24, 2.45) is 7.05 Å². The average Bonchev–Trinajstić information content (AvgIpc) is 3.59. The number of hydrogen-bond donors (Lipinski definition) is 3. The van der Waals surface area contributed by atoms with Gasteiger partial charge in [-0.05, 0) is 80.8 Å². The largest absolute Gasteiger partial charge is 0.461 e. The van der Waals surface area contributed by atoms with E-state index in [1.807, 2.05) is 0 Å². The molecule has 16 heteroatoms. The Kier molecular flexibility index (Phi) is 11.4. The first-order valence-corrected chi connectivity index (χ1v) is 17.9. The summed E-state index contributed by atoms with van der Waals surface area (Å²) in [5.74, 6) is -5.37. The topological polar surface area (TPSA) is 175 Å². The van der Waals surface area contributed by atoms with Gasteiger partial charge >= 0.3 is 11.7 Å². The highest BCUT2D eigenvalue weighted by molar-refractivity contribution is 7.92. The second kappa shape index (κ2) is 15.7. The number of carbonyl (C=O) groups excluding carboxylic acids is 3. The van der Waals surface area contributed by atoms with Crippen LogP contribution in [0.1, 0.15) is 65.8 Å². The number of nitrogens with zero attached hydrogens (tertiary/aromatic N) is 2. The zero-order valence-corrected chi connectivity index (χ0v) is 29.3. The number of esters is 1. The maximum Gasteiger partial charge on any atom is 0.335 e. The van der Waals surface area contributed by atoms with Crippen LogP contribution < -0.4 is 26.6 Å². The summed E-state index contributed by atoms with van der Waals surface area (Å²) in [6.07, 6.45) is 4.35. The van der Waals surface area contributed by atoms with Crippen LogP contribution in [0.5, 0.6) is 0 Å². The van der Waals surface area contributed by atoms with E-state index in [9.17, 15) is 32.4 Å². The first kappa shape index (κ1) is 37.6. The molecule has 1 atom stereocenters. The molecule has 0 bridgehead atoms. The second-order valence-corrected chi connectivity index (χ2v) is 14.3. The third kappa shape index (κ3) is 8.80. The van der Waals surface area contributed by atoms with Gasteiger partial charge in [0.05, 0.1) is 22.4 Å². The third-order valence-corrected chi connectivity index (χ3v) is 9.77. The quantitative estimate of drug-likeness (QED) is 0.185. The van der Waals surface area contributed by atoms with E-state index in [0.717, 1.165) is 30.3 Å². The van der Waals surface area contributed by atoms with E-state index in [0.29, 0.717) is 17.7 Å². The van der Waals surface area contributed by atoms with E-state index < -0.39 is 68.2 Å². The maximum absolute atomic E-state index is 15.3. The summed E-state index contributed by atoms with van der Waals surface area (Å²) in [4.78, 5) is 63.2. The predicted octanol–water partition coefficient (Wildman–Crippen LogP) is 3.58. The number of anilines is 1. The lowest BCUT2D eigenvalue weighted by Gasteiger charge is -2.20. The number of benzene rings is 3. The summed E-state index contributed by atoms with van der Waals surface area (Å²) in [6.45, 7) is 3.15. The summed E-state index contributed by atoms with van der Waals surface area (Å²) < 4.78 is 66.1. The number of rotatable bonds is 12. The van der Waals surface area contributed by atoms with Crippen LogP contribution >= 0.6 is 0 Å². The minimum absolute atomic E-state index is 0.0675. The van der Waals surface area contributed by atoms with Gasteiger partial charge in [-0.25, -0.2) is 31.4 Å². The van der Waals surface area contributed by atoms with Crippen LogP contribution in [0.2, 0.25) is 0 Å². The first-order valence-electron chi connectivity index (χ1n) is 16.4. The van der Waals surface area contributed by atoms with Gasteiger partial charge in [0.15, 0.2) is 0 Å². The van der Waals surface area contributed by atoms with Crippen LogP contribution in [0, 0.1) is 11.6 Å². The third-order valence-electron chi connectivity index (χ3n) is 8.37. The highest BCUT2D eigenvalue weighted by Crippen LogP contribution is 2.24. The number of halogens is 2. The highest BCUT2D eigenvalue weighted by Gasteiger charge is 2.28. The van der Waals surface area contributed by atoms with Crippen LogP contribution in [0.4, 0.5) is 14.5 Å². The van der Waals surface area contributed by atoms with Crippen molar-refractivity contribution < 1.29 is 36.3 Å². The van der Waals surface area contributed by atoms with Crippen molar-refractivity contribution in [1.82, 2.24) is 19.8 Å². The van der Waals surface area contributed by atoms with Crippen molar-refractivity contribution in [1.29, 1.82) is 0 Å². The summed E-state index contributed by atoms with van der Waals surface area (Å²) in [7, 11) is -2.88. The Hall–Kier alpha value is -5.64. The Morgan fingerprint density at radius 1 is 0.904 bits per heavy atom. The molecule has 1 aromatic heterocycles. The van der Waals surface area contributed by atoms with E-state index >= 15 is 8.78 Å². The van der Waals surface area contributed by atoms with Gasteiger partial charge in [0.25, 0.3) is 27.4 Å². The molecule has 0 radical (unpaired) electrons. The molecule has 0 aliphatic heterocycles. The fourth-order valence-corrected chi connectivity index (χ4v) is 6.79. The molecule has 1 heterocycles. The number of nitrogens with one attached hydrogen (secondary N) is 3. The van der Waals surface area contributed by atoms with Crippen LogP contribution in [0.25, 0.3) is 5.69 Å². The lowest BCUT2D eigenvalue weighted by Crippen LogP contribution is -2.44. The summed E-state index contributed by atoms with van der Waals surface area (Å²) in [6, 6.07) is 12.1. The molecule has 1 aliphatic rings. The molecule has 1 aliphatic carbocycles. The van der Waals surface area contributed by atoms with Crippen molar-refractivity contribution in [2.45, 2.75) is 69.0 Å². The molecule has 0 unspecified atom stereocenters. The van der Waals surface area contributed by atoms with Crippen LogP contribution in [0.3, 0.4) is 0 Å². The molecule has 2 amide bonds. The van der Waals surface area contributed by atoms with Gasteiger partial charge in [-0.15, -0.1) is 0 Å². The van der Waals surface area contributed by atoms with Crippen molar-refractivity contribution in [3.05, 3.63) is 122 Å². The average molecular weight is 738 g/mol. The summed E-state index contributed by atoms with van der Waals surface area (Å²) in [5, 5.41) is 5.20. The molecule has 3 N–H and O–H groups in total. The van der Waals surface area contributed by atoms with Gasteiger partial charge in [0.2, 0.25) is 0 Å². The SMILES string of the molecule is CC(C)OC(=O)[C@H](Cc1ccc(-n2c(=O)ccn(C)c2=O)cc1)NC(=O)c1c(F)cc(NS(=O)(=O)c2ccc(C(=O)NC3CCCC3)cc2)cc1F. The van der Waals surface area contributed by atoms with E-state index in [2.05, 4.69) is 15.4 Å². The number of aromatic nitrogens is 2. The van der Waals surface area contributed by atoms with Gasteiger partial charge in [0, 0.05) is 37.3 Å². The first-order chi connectivity index (χ1) is 24.6. The van der Waals surface area contributed by atoms with Crippen molar-refractivity contribution >= 4 is 33.5 Å². The zero-order valence-electron chi connectivity index (χ0n) is 28.5. The molecule has 0 spiro atoms. The lowest BCUT2D eigenvalue weighted by molar-refractivity contribution is -0.149. The second-order valence-electron chi connectivity index (χ2n) is 12.7. The van der Waals surface area contributed by atoms with Crippen LogP contribution in [0.15, 0.2) is 87.4 Å². The van der Waals surface area contributed by atoms with Gasteiger partial charge in [0.1, 0.15) is 23.2 Å². The van der Waals surface area contributed by atoms with Gasteiger partial charge in [-0.3, -0.25) is 19.1 Å². The van der Waals surface area contributed by atoms with E-state index in [1.54, 1.807) is 13.8 Å². The van der Waals surface area contributed by atoms with E-state index in [4.69, 9.17) is 4.74 Å². The van der Waals surface area contributed by atoms with Gasteiger partial charge < -0.3 is 19.9 Å². The smallest absolute Gasteiger partial charge is 0.335 e. The number of hydrogen-bond acceptors (Lipinski definition) is 8. The Labute approximate surface area is 297 Å². The minimum Gasteiger partial charge on any atom is -0.461 e. The molecule has 5 rings (SSSR count). The molecular formula is C36H37F2N5O8S. The van der Waals surface area contributed by atoms with Crippen molar-refractivity contribution in [3.8, 4) is 5.69 Å². The Morgan fingerprint density at radius 3 is 2.12 bits per heavy atom. The lowest BCUT2D eigenvalue weighted by atomic mass is 10.0. The number of carbonyl (C=O) groups is 3. The Morgan fingerprint density at radius 2 is 1.52 bits per heavy atom. The summed E-state index contributed by atoms with van der Waals surface area (Å²) >= 11 is 0. The van der Waals surface area contributed by atoms with E-state index in [-0.39, 0.29) is 34.5 Å². The standard InChI is InChI=1S/C36H37F2N5O8S/c1-21(2)51-35(47)30(18-22-8-12-26(13-9-22)43-31(44)16-17-42(3)36(43)48)40-34(46)32-28(37)19-25(20-29(32)38)41-52(49,50)27-14-10-23(11-15-27)33(45)39-24-6-4-5-7-24/h8-17,19-21,24,30,41H,4-7,18H2,1-3H3,(H,39,45)(H,40,46)/t30-/m0/s1. The number of sulfonamides is 1. The highest BCUT2D eigenvalue weighted by atomic mass is 32.2. The molecule has 13 nitrogen and oxygen atoms in total. The monoisotopic (exact) mass is 737 g/mol. The number of aryl methyl sites for hydroxylation is 1. The minimum atomic E-state index is -4.36. The normalized spacial score (nSPS) is 13.8. The molecule has 1 saturated carbocycles. The number of amides is 2. The molecule has 3 aromatic carbocycles. The van der Waals surface area contributed by atoms with Crippen molar-refractivity contribution in [2.75, 3.05) is 4.72 Å². The zero-order chi connectivity index (χ0) is 37.7.